The second-order valence-electron chi connectivity index (χ2n) is 4.66. The van der Waals surface area contributed by atoms with Crippen LogP contribution in [0.4, 0.5) is 4.79 Å². The lowest BCUT2D eigenvalue weighted by molar-refractivity contribution is -0.138. The Balaban J connectivity index is 4.26. The summed E-state index contributed by atoms with van der Waals surface area (Å²) in [6.45, 7) is 11.0. The maximum atomic E-state index is 11.6. The van der Waals surface area contributed by atoms with Gasteiger partial charge in [0.25, 0.3) is 0 Å². The largest absolute Gasteiger partial charge is 0.463 e. The highest BCUT2D eigenvalue weighted by Crippen LogP contribution is 2.10. The van der Waals surface area contributed by atoms with E-state index in [0.717, 1.165) is 0 Å². The van der Waals surface area contributed by atoms with Crippen molar-refractivity contribution < 1.29 is 19.1 Å². The number of esters is 1. The van der Waals surface area contributed by atoms with Crippen molar-refractivity contribution >= 4 is 12.1 Å². The standard InChI is InChI=1S/C12H21NO4/c1-7-16-10(14)9(2)8-13(6)11(15)17-12(3,4)5/h2,7-8H2,1,3-6H3. The van der Waals surface area contributed by atoms with Crippen molar-refractivity contribution in [1.82, 2.24) is 4.90 Å². The van der Waals surface area contributed by atoms with Gasteiger partial charge in [-0.15, -0.1) is 0 Å². The van der Waals surface area contributed by atoms with Crippen LogP contribution in [0.3, 0.4) is 0 Å². The van der Waals surface area contributed by atoms with Crippen LogP contribution in [0.1, 0.15) is 27.7 Å². The molecule has 0 spiro atoms. The number of nitrogens with zero attached hydrogens (tertiary/aromatic N) is 1. The fourth-order valence-electron chi connectivity index (χ4n) is 0.988. The molecule has 98 valence electrons. The average molecular weight is 243 g/mol. The first-order valence-corrected chi connectivity index (χ1v) is 5.46. The molecule has 0 atom stereocenters. The van der Waals surface area contributed by atoms with Gasteiger partial charge in [-0.3, -0.25) is 0 Å². The minimum atomic E-state index is -0.559. The molecule has 0 aromatic rings. The predicted molar refractivity (Wildman–Crippen MR) is 64.6 cm³/mol. The minimum absolute atomic E-state index is 0.0910. The van der Waals surface area contributed by atoms with Crippen LogP contribution < -0.4 is 0 Å². The highest BCUT2D eigenvalue weighted by atomic mass is 16.6. The molecule has 5 heteroatoms. The zero-order valence-electron chi connectivity index (χ0n) is 11.2. The maximum Gasteiger partial charge on any atom is 0.410 e. The fourth-order valence-corrected chi connectivity index (χ4v) is 0.988. The third kappa shape index (κ3) is 6.60. The lowest BCUT2D eigenvalue weighted by atomic mass is 10.2. The van der Waals surface area contributed by atoms with Gasteiger partial charge in [-0.25, -0.2) is 9.59 Å². The van der Waals surface area contributed by atoms with E-state index in [9.17, 15) is 9.59 Å². The van der Waals surface area contributed by atoms with E-state index in [-0.39, 0.29) is 18.7 Å². The molecule has 0 fully saturated rings. The van der Waals surface area contributed by atoms with Gasteiger partial charge in [-0.2, -0.15) is 0 Å². The SMILES string of the molecule is C=C(CN(C)C(=O)OC(C)(C)C)C(=O)OCC. The molecule has 0 aliphatic rings. The molecule has 0 N–H and O–H groups in total. The van der Waals surface area contributed by atoms with E-state index in [0.29, 0.717) is 0 Å². The quantitative estimate of drug-likeness (QED) is 0.559. The number of carbonyl (C=O) groups excluding carboxylic acids is 2. The van der Waals surface area contributed by atoms with E-state index in [1.807, 2.05) is 0 Å². The summed E-state index contributed by atoms with van der Waals surface area (Å²) in [4.78, 5) is 24.2. The summed E-state index contributed by atoms with van der Waals surface area (Å²) >= 11 is 0. The van der Waals surface area contributed by atoms with E-state index in [4.69, 9.17) is 9.47 Å². The summed E-state index contributed by atoms with van der Waals surface area (Å²) in [5, 5.41) is 0. The van der Waals surface area contributed by atoms with Crippen LogP contribution in [0.2, 0.25) is 0 Å². The van der Waals surface area contributed by atoms with Crippen LogP contribution >= 0.6 is 0 Å². The molecule has 0 radical (unpaired) electrons. The summed E-state index contributed by atoms with van der Waals surface area (Å²) in [6.07, 6.45) is -0.497. The van der Waals surface area contributed by atoms with Crippen molar-refractivity contribution in [3.63, 3.8) is 0 Å². The molecule has 0 saturated heterocycles. The predicted octanol–water partition coefficient (Wildman–Crippen LogP) is 1.97. The number of rotatable bonds is 4. The molecule has 0 aliphatic carbocycles. The Bertz CT molecular complexity index is 304. The second-order valence-corrected chi connectivity index (χ2v) is 4.66. The van der Waals surface area contributed by atoms with Gasteiger partial charge in [0.15, 0.2) is 0 Å². The average Bonchev–Trinajstić information content (AvgIpc) is 2.15. The fraction of sp³-hybridized carbons (Fsp3) is 0.667. The van der Waals surface area contributed by atoms with Crippen LogP contribution in [0.5, 0.6) is 0 Å². The van der Waals surface area contributed by atoms with E-state index >= 15 is 0 Å². The normalized spacial score (nSPS) is 10.6. The number of likely N-dealkylation sites (N-methyl/N-ethyl adjacent to an activating group) is 1. The van der Waals surface area contributed by atoms with Crippen LogP contribution in [-0.4, -0.2) is 42.8 Å². The van der Waals surface area contributed by atoms with E-state index in [1.54, 1.807) is 34.7 Å². The van der Waals surface area contributed by atoms with Crippen molar-refractivity contribution in [1.29, 1.82) is 0 Å². The van der Waals surface area contributed by atoms with Crippen LogP contribution in [0, 0.1) is 0 Å². The Morgan fingerprint density at radius 2 is 1.82 bits per heavy atom. The Kier molecular flexibility index (Phi) is 5.71. The molecule has 17 heavy (non-hydrogen) atoms. The Labute approximate surface area is 102 Å². The topological polar surface area (TPSA) is 55.8 Å². The van der Waals surface area contributed by atoms with Gasteiger partial charge >= 0.3 is 12.1 Å². The summed E-state index contributed by atoms with van der Waals surface area (Å²) in [5.41, 5.74) is -0.337. The first-order valence-electron chi connectivity index (χ1n) is 5.46. The van der Waals surface area contributed by atoms with Gasteiger partial charge in [-0.1, -0.05) is 6.58 Å². The van der Waals surface area contributed by atoms with Gasteiger partial charge in [0.05, 0.1) is 13.2 Å². The third-order valence-electron chi connectivity index (χ3n) is 1.70. The van der Waals surface area contributed by atoms with Gasteiger partial charge in [0, 0.05) is 12.6 Å². The molecule has 1 amide bonds. The molecule has 5 nitrogen and oxygen atoms in total. The lowest BCUT2D eigenvalue weighted by Gasteiger charge is -2.24. The first-order chi connectivity index (χ1) is 7.67. The molecule has 0 aromatic heterocycles. The van der Waals surface area contributed by atoms with Crippen molar-refractivity contribution in [2.24, 2.45) is 0 Å². The zero-order chi connectivity index (χ0) is 13.6. The summed E-state index contributed by atoms with van der Waals surface area (Å²) in [5.74, 6) is -0.497. The Morgan fingerprint density at radius 3 is 2.24 bits per heavy atom. The van der Waals surface area contributed by atoms with Crippen molar-refractivity contribution in [3.05, 3.63) is 12.2 Å². The van der Waals surface area contributed by atoms with Gasteiger partial charge in [0.2, 0.25) is 0 Å². The molecule has 0 aromatic carbocycles. The van der Waals surface area contributed by atoms with E-state index in [2.05, 4.69) is 6.58 Å². The molecular formula is C12H21NO4. The van der Waals surface area contributed by atoms with Gasteiger partial charge in [0.1, 0.15) is 5.60 Å². The summed E-state index contributed by atoms with van der Waals surface area (Å²) in [6, 6.07) is 0. The lowest BCUT2D eigenvalue weighted by Crippen LogP contribution is -2.36. The number of carbonyl (C=O) groups is 2. The van der Waals surface area contributed by atoms with Crippen LogP contribution in [-0.2, 0) is 14.3 Å². The van der Waals surface area contributed by atoms with Gasteiger partial charge < -0.3 is 14.4 Å². The van der Waals surface area contributed by atoms with E-state index in [1.165, 1.54) is 4.90 Å². The van der Waals surface area contributed by atoms with Crippen molar-refractivity contribution in [3.8, 4) is 0 Å². The third-order valence-corrected chi connectivity index (χ3v) is 1.70. The van der Waals surface area contributed by atoms with Crippen LogP contribution in [0.25, 0.3) is 0 Å². The molecule has 0 saturated carbocycles. The Morgan fingerprint density at radius 1 is 1.29 bits per heavy atom. The zero-order valence-corrected chi connectivity index (χ0v) is 11.2. The first kappa shape index (κ1) is 15.5. The monoisotopic (exact) mass is 243 g/mol. The molecule has 0 heterocycles. The Hall–Kier alpha value is -1.52. The van der Waals surface area contributed by atoms with Gasteiger partial charge in [-0.05, 0) is 27.7 Å². The molecule has 0 rings (SSSR count). The molecule has 0 aliphatic heterocycles. The molecule has 0 bridgehead atoms. The number of hydrogen-bond donors (Lipinski definition) is 0. The number of amides is 1. The summed E-state index contributed by atoms with van der Waals surface area (Å²) < 4.78 is 9.90. The molecular weight excluding hydrogens is 222 g/mol. The maximum absolute atomic E-state index is 11.6. The van der Waals surface area contributed by atoms with E-state index < -0.39 is 17.7 Å². The highest BCUT2D eigenvalue weighted by molar-refractivity contribution is 5.88. The number of ether oxygens (including phenoxy) is 2. The summed E-state index contributed by atoms with van der Waals surface area (Å²) in [7, 11) is 1.54. The second kappa shape index (κ2) is 6.27. The minimum Gasteiger partial charge on any atom is -0.463 e. The smallest absolute Gasteiger partial charge is 0.410 e. The highest BCUT2D eigenvalue weighted by Gasteiger charge is 2.21. The van der Waals surface area contributed by atoms with Crippen molar-refractivity contribution in [2.75, 3.05) is 20.2 Å². The molecule has 0 unspecified atom stereocenters. The van der Waals surface area contributed by atoms with Crippen molar-refractivity contribution in [2.45, 2.75) is 33.3 Å². The van der Waals surface area contributed by atoms with Crippen LogP contribution in [0.15, 0.2) is 12.2 Å². The number of hydrogen-bond acceptors (Lipinski definition) is 4.